The van der Waals surface area contributed by atoms with Gasteiger partial charge in [0.25, 0.3) is 5.91 Å². The van der Waals surface area contributed by atoms with Crippen molar-refractivity contribution in [1.29, 1.82) is 0 Å². The van der Waals surface area contributed by atoms with Crippen molar-refractivity contribution in [1.82, 2.24) is 20.8 Å². The predicted octanol–water partition coefficient (Wildman–Crippen LogP) is 2.52. The summed E-state index contributed by atoms with van der Waals surface area (Å²) in [5, 5.41) is 12.3. The summed E-state index contributed by atoms with van der Waals surface area (Å²) in [6.45, 7) is 4.57. The Morgan fingerprint density at radius 1 is 1.20 bits per heavy atom. The average molecular weight is 411 g/mol. The van der Waals surface area contributed by atoms with Gasteiger partial charge >= 0.3 is 0 Å². The van der Waals surface area contributed by atoms with Crippen LogP contribution >= 0.6 is 15.9 Å². The molecule has 2 aromatic rings. The van der Waals surface area contributed by atoms with E-state index in [0.29, 0.717) is 16.7 Å². The Balaban J connectivity index is 1.74. The van der Waals surface area contributed by atoms with Crippen molar-refractivity contribution >= 4 is 27.7 Å². The molecule has 3 N–H and O–H groups in total. The van der Waals surface area contributed by atoms with E-state index in [1.807, 2.05) is 13.8 Å². The molecule has 0 aliphatic heterocycles. The van der Waals surface area contributed by atoms with Gasteiger partial charge in [-0.05, 0) is 39.5 Å². The summed E-state index contributed by atoms with van der Waals surface area (Å²) in [5.74, 6) is -0.627. The molecule has 0 unspecified atom stereocenters. The zero-order chi connectivity index (χ0) is 18.4. The van der Waals surface area contributed by atoms with Gasteiger partial charge in [-0.2, -0.15) is 5.10 Å². The van der Waals surface area contributed by atoms with Gasteiger partial charge in [0.2, 0.25) is 5.91 Å². The summed E-state index contributed by atoms with van der Waals surface area (Å²) in [6, 6.07) is 5.77. The number of aromatic nitrogens is 2. The van der Waals surface area contributed by atoms with E-state index < -0.39 is 0 Å². The molecule has 1 heterocycles. The third kappa shape index (κ3) is 5.38. The largest absolute Gasteiger partial charge is 0.354 e. The molecule has 0 bridgehead atoms. The number of hydrogen-bond donors (Lipinski definition) is 3. The first-order valence-electron chi connectivity index (χ1n) is 7.91. The summed E-state index contributed by atoms with van der Waals surface area (Å²) in [7, 11) is 0. The van der Waals surface area contributed by atoms with Crippen molar-refractivity contribution in [3.8, 4) is 0 Å². The van der Waals surface area contributed by atoms with Crippen LogP contribution in [0.5, 0.6) is 0 Å². The fourth-order valence-electron chi connectivity index (χ4n) is 2.19. The minimum absolute atomic E-state index is 0.164. The van der Waals surface area contributed by atoms with Crippen LogP contribution in [0, 0.1) is 5.82 Å². The van der Waals surface area contributed by atoms with E-state index in [0.717, 1.165) is 11.3 Å². The molecule has 134 valence electrons. The first-order valence-corrected chi connectivity index (χ1v) is 8.71. The van der Waals surface area contributed by atoms with Crippen LogP contribution in [0.3, 0.4) is 0 Å². The molecule has 0 aliphatic carbocycles. The molecule has 2 amide bonds. The summed E-state index contributed by atoms with van der Waals surface area (Å²) < 4.78 is 13.5. The molecule has 25 heavy (non-hydrogen) atoms. The van der Waals surface area contributed by atoms with Gasteiger partial charge in [0.05, 0.1) is 16.6 Å². The number of nitrogens with zero attached hydrogens (tertiary/aromatic N) is 1. The minimum Gasteiger partial charge on any atom is -0.354 e. The summed E-state index contributed by atoms with van der Waals surface area (Å²) >= 11 is 3.38. The number of H-pyrrole nitrogens is 1. The normalized spacial score (nSPS) is 10.8. The smallest absolute Gasteiger partial charge is 0.273 e. The third-order valence-corrected chi connectivity index (χ3v) is 4.34. The first-order chi connectivity index (χ1) is 11.9. The van der Waals surface area contributed by atoms with Crippen molar-refractivity contribution < 1.29 is 14.0 Å². The molecule has 2 rings (SSSR count). The number of rotatable bonds is 7. The van der Waals surface area contributed by atoms with Gasteiger partial charge in [0.1, 0.15) is 5.82 Å². The lowest BCUT2D eigenvalue weighted by atomic mass is 10.1. The molecule has 1 aromatic carbocycles. The second-order valence-corrected chi connectivity index (χ2v) is 6.66. The maximum Gasteiger partial charge on any atom is 0.273 e. The highest BCUT2D eigenvalue weighted by atomic mass is 79.9. The van der Waals surface area contributed by atoms with Crippen molar-refractivity contribution in [3.63, 3.8) is 0 Å². The van der Waals surface area contributed by atoms with Gasteiger partial charge in [-0.1, -0.05) is 26.0 Å². The van der Waals surface area contributed by atoms with Crippen LogP contribution in [0.4, 0.5) is 4.39 Å². The fraction of sp³-hybridized carbons (Fsp3) is 0.353. The van der Waals surface area contributed by atoms with E-state index in [1.54, 1.807) is 12.1 Å². The predicted molar refractivity (Wildman–Crippen MR) is 95.8 cm³/mol. The Morgan fingerprint density at radius 3 is 2.44 bits per heavy atom. The van der Waals surface area contributed by atoms with Crippen molar-refractivity contribution in [2.24, 2.45) is 0 Å². The molecule has 0 fully saturated rings. The Hall–Kier alpha value is -2.22. The van der Waals surface area contributed by atoms with Crippen molar-refractivity contribution in [3.05, 3.63) is 51.5 Å². The van der Waals surface area contributed by atoms with Crippen LogP contribution < -0.4 is 10.6 Å². The van der Waals surface area contributed by atoms with Gasteiger partial charge in [-0.15, -0.1) is 0 Å². The van der Waals surface area contributed by atoms with Gasteiger partial charge in [-0.3, -0.25) is 14.7 Å². The second kappa shape index (κ2) is 8.75. The Bertz CT molecular complexity index is 744. The molecule has 6 nitrogen and oxygen atoms in total. The lowest BCUT2D eigenvalue weighted by molar-refractivity contribution is -0.120. The van der Waals surface area contributed by atoms with Gasteiger partial charge in [0.15, 0.2) is 5.69 Å². The lowest BCUT2D eigenvalue weighted by Gasteiger charge is -2.07. The third-order valence-electron chi connectivity index (χ3n) is 3.54. The number of benzene rings is 1. The van der Waals surface area contributed by atoms with Gasteiger partial charge in [0, 0.05) is 13.1 Å². The monoisotopic (exact) mass is 410 g/mol. The van der Waals surface area contributed by atoms with Gasteiger partial charge < -0.3 is 10.6 Å². The van der Waals surface area contributed by atoms with Crippen LogP contribution in [0.1, 0.15) is 41.5 Å². The average Bonchev–Trinajstić information content (AvgIpc) is 2.95. The Kier molecular flexibility index (Phi) is 6.69. The van der Waals surface area contributed by atoms with Crippen LogP contribution in [0.2, 0.25) is 0 Å². The number of halogens is 2. The van der Waals surface area contributed by atoms with E-state index in [9.17, 15) is 14.0 Å². The Labute approximate surface area is 153 Å². The van der Waals surface area contributed by atoms with E-state index in [2.05, 4.69) is 36.8 Å². The van der Waals surface area contributed by atoms with E-state index in [-0.39, 0.29) is 36.5 Å². The molecule has 0 spiro atoms. The molecule has 0 radical (unpaired) electrons. The number of hydrogen-bond acceptors (Lipinski definition) is 3. The zero-order valence-electron chi connectivity index (χ0n) is 14.0. The molecule has 1 aromatic heterocycles. The van der Waals surface area contributed by atoms with E-state index in [1.165, 1.54) is 12.1 Å². The second-order valence-electron chi connectivity index (χ2n) is 5.86. The zero-order valence-corrected chi connectivity index (χ0v) is 15.6. The highest BCUT2D eigenvalue weighted by Crippen LogP contribution is 2.25. The summed E-state index contributed by atoms with van der Waals surface area (Å²) in [6.07, 6.45) is 0.164. The molecular weight excluding hydrogens is 391 g/mol. The summed E-state index contributed by atoms with van der Waals surface area (Å²) in [5.41, 5.74) is 1.88. The van der Waals surface area contributed by atoms with E-state index in [4.69, 9.17) is 0 Å². The van der Waals surface area contributed by atoms with Gasteiger partial charge in [-0.25, -0.2) is 4.39 Å². The molecule has 0 saturated heterocycles. The first kappa shape index (κ1) is 19.1. The molecule has 8 heteroatoms. The van der Waals surface area contributed by atoms with E-state index >= 15 is 0 Å². The van der Waals surface area contributed by atoms with Crippen LogP contribution in [-0.2, 0) is 11.2 Å². The van der Waals surface area contributed by atoms with Crippen LogP contribution in [0.25, 0.3) is 0 Å². The SMILES string of the molecule is CC(C)c1[nH]nc(C(=O)NCCNC(=O)Cc2ccc(F)cc2)c1Br. The topological polar surface area (TPSA) is 86.9 Å². The van der Waals surface area contributed by atoms with Crippen LogP contribution in [-0.4, -0.2) is 35.1 Å². The standard InChI is InChI=1S/C17H20BrFN4O2/c1-10(2)15-14(18)16(23-22-15)17(25)21-8-7-20-13(24)9-11-3-5-12(19)6-4-11/h3-6,10H,7-9H2,1-2H3,(H,20,24)(H,21,25)(H,22,23). The maximum absolute atomic E-state index is 12.8. The number of nitrogens with one attached hydrogen (secondary N) is 3. The fourth-order valence-corrected chi connectivity index (χ4v) is 3.00. The van der Waals surface area contributed by atoms with Crippen LogP contribution in [0.15, 0.2) is 28.7 Å². The maximum atomic E-state index is 12.8. The number of amides is 2. The number of aromatic amines is 1. The number of carbonyl (C=O) groups excluding carboxylic acids is 2. The highest BCUT2D eigenvalue weighted by Gasteiger charge is 2.18. The summed E-state index contributed by atoms with van der Waals surface area (Å²) in [4.78, 5) is 23.9. The number of carbonyl (C=O) groups is 2. The highest BCUT2D eigenvalue weighted by molar-refractivity contribution is 9.10. The quantitative estimate of drug-likeness (QED) is 0.612. The minimum atomic E-state index is -0.336. The lowest BCUT2D eigenvalue weighted by Crippen LogP contribution is -2.35. The van der Waals surface area contributed by atoms with Crippen molar-refractivity contribution in [2.45, 2.75) is 26.2 Å². The Morgan fingerprint density at radius 2 is 1.84 bits per heavy atom. The molecule has 0 aliphatic rings. The van der Waals surface area contributed by atoms with Crippen molar-refractivity contribution in [2.75, 3.05) is 13.1 Å². The molecule has 0 saturated carbocycles. The molecular formula is C17H20BrFN4O2. The molecule has 0 atom stereocenters.